The van der Waals surface area contributed by atoms with Crippen molar-refractivity contribution in [3.8, 4) is 0 Å². The van der Waals surface area contributed by atoms with Crippen LogP contribution in [0, 0.1) is 16.8 Å². The molecule has 1 unspecified atom stereocenters. The molecule has 0 aliphatic carbocycles. The van der Waals surface area contributed by atoms with E-state index in [-0.39, 0.29) is 4.90 Å². The van der Waals surface area contributed by atoms with Crippen LogP contribution in [-0.4, -0.2) is 30.0 Å². The molecule has 7 nitrogen and oxygen atoms in total. The molecule has 136 valence electrons. The number of halogens is 2. The second kappa shape index (κ2) is 7.54. The van der Waals surface area contributed by atoms with Crippen molar-refractivity contribution in [3.05, 3.63) is 65.4 Å². The Bertz CT molecular complexity index is 928. The summed E-state index contributed by atoms with van der Waals surface area (Å²) in [6.45, 7) is -1.43. The lowest BCUT2D eigenvalue weighted by Crippen LogP contribution is -3.09. The molecule has 1 N–H and O–H groups in total. The van der Waals surface area contributed by atoms with E-state index in [1.807, 2.05) is 0 Å². The van der Waals surface area contributed by atoms with Crippen molar-refractivity contribution in [3.63, 3.8) is 0 Å². The highest BCUT2D eigenvalue weighted by molar-refractivity contribution is 7.86. The molecule has 0 aliphatic heterocycles. The van der Waals surface area contributed by atoms with Crippen molar-refractivity contribution in [1.82, 2.24) is 0 Å². The topological polar surface area (TPSA) is 105 Å². The highest BCUT2D eigenvalue weighted by Gasteiger charge is 2.23. The predicted octanol–water partition coefficient (Wildman–Crippen LogP) is 0.442. The summed E-state index contributed by atoms with van der Waals surface area (Å²) in [5.74, 6) is -1.31. The molecule has 0 heterocycles. The number of rotatable bonds is 7. The van der Waals surface area contributed by atoms with Gasteiger partial charge in [-0.3, -0.25) is 8.65 Å². The van der Waals surface area contributed by atoms with Crippen molar-refractivity contribution in [2.75, 3.05) is 13.2 Å². The number of benzene rings is 2. The number of hydrogen-bond acceptors (Lipinski definition) is 6. The molecular formula is C14H13F2NO6S2. The van der Waals surface area contributed by atoms with Gasteiger partial charge in [-0.25, -0.2) is 8.78 Å². The Labute approximate surface area is 143 Å². The van der Waals surface area contributed by atoms with Gasteiger partial charge in [0.15, 0.2) is 0 Å². The van der Waals surface area contributed by atoms with Gasteiger partial charge >= 0.3 is 10.0 Å². The van der Waals surface area contributed by atoms with Crippen LogP contribution < -0.4 is 4.47 Å². The average molecular weight is 393 g/mol. The van der Waals surface area contributed by atoms with E-state index >= 15 is 0 Å². The van der Waals surface area contributed by atoms with Crippen molar-refractivity contribution >= 4 is 20.1 Å². The lowest BCUT2D eigenvalue weighted by molar-refractivity contribution is -0.708. The maximum atomic E-state index is 12.8. The van der Waals surface area contributed by atoms with Gasteiger partial charge < -0.3 is 5.21 Å². The summed E-state index contributed by atoms with van der Waals surface area (Å²) in [5, 5.41) is 11.8. The van der Waals surface area contributed by atoms with Crippen LogP contribution in [0.5, 0.6) is 0 Å². The summed E-state index contributed by atoms with van der Waals surface area (Å²) in [7, 11) is -8.63. The first-order chi connectivity index (χ1) is 11.6. The van der Waals surface area contributed by atoms with Gasteiger partial charge in [0.2, 0.25) is 0 Å². The van der Waals surface area contributed by atoms with Gasteiger partial charge in [0.05, 0.1) is 4.90 Å². The fourth-order valence-electron chi connectivity index (χ4n) is 1.78. The molecule has 2 rings (SSSR count). The summed E-state index contributed by atoms with van der Waals surface area (Å²) < 4.78 is 76.5. The summed E-state index contributed by atoms with van der Waals surface area (Å²) in [4.78, 5) is -0.733. The van der Waals surface area contributed by atoms with E-state index < -0.39 is 54.3 Å². The Kier molecular flexibility index (Phi) is 5.85. The molecule has 0 spiro atoms. The van der Waals surface area contributed by atoms with Crippen molar-refractivity contribution in [1.29, 1.82) is 0 Å². The molecule has 0 aliphatic rings. The minimum absolute atomic E-state index is 0.331. The van der Waals surface area contributed by atoms with Gasteiger partial charge in [-0.1, -0.05) is 0 Å². The molecular weight excluding hydrogens is 380 g/mol. The molecule has 0 aromatic heterocycles. The van der Waals surface area contributed by atoms with Crippen LogP contribution in [0.1, 0.15) is 0 Å². The molecule has 0 amide bonds. The molecule has 0 bridgehead atoms. The largest absolute Gasteiger partial charge is 0.618 e. The third-order valence-corrected chi connectivity index (χ3v) is 6.09. The third kappa shape index (κ3) is 4.80. The van der Waals surface area contributed by atoms with E-state index in [9.17, 15) is 30.8 Å². The smallest absolute Gasteiger partial charge is 0.325 e. The second-order valence-electron chi connectivity index (χ2n) is 4.81. The Hall–Kier alpha value is -1.92. The van der Waals surface area contributed by atoms with E-state index in [2.05, 4.69) is 4.18 Å². The van der Waals surface area contributed by atoms with Gasteiger partial charge in [-0.2, -0.15) is 16.8 Å². The first-order valence-electron chi connectivity index (χ1n) is 6.81. The second-order valence-corrected chi connectivity index (χ2v) is 8.36. The maximum Gasteiger partial charge on any atom is 0.325 e. The first kappa shape index (κ1) is 19.4. The number of nitrogens with one attached hydrogen (secondary N) is 1. The molecule has 11 heteroatoms. The van der Waals surface area contributed by atoms with Crippen molar-refractivity contribution < 1.29 is 34.3 Å². The Morgan fingerprint density at radius 3 is 1.76 bits per heavy atom. The van der Waals surface area contributed by atoms with Crippen LogP contribution in [0.25, 0.3) is 0 Å². The van der Waals surface area contributed by atoms with E-state index in [4.69, 9.17) is 0 Å². The van der Waals surface area contributed by atoms with Gasteiger partial charge in [-0.05, 0) is 48.5 Å². The van der Waals surface area contributed by atoms with Crippen LogP contribution in [-0.2, 0) is 24.3 Å². The highest BCUT2D eigenvalue weighted by atomic mass is 32.2. The molecule has 2 aromatic rings. The summed E-state index contributed by atoms with van der Waals surface area (Å²) >= 11 is 0. The van der Waals surface area contributed by atoms with Crippen LogP contribution in [0.2, 0.25) is 0 Å². The zero-order valence-corrected chi connectivity index (χ0v) is 14.2. The van der Waals surface area contributed by atoms with Gasteiger partial charge in [0.25, 0.3) is 10.1 Å². The molecule has 0 fully saturated rings. The first-order valence-corrected chi connectivity index (χ1v) is 9.70. The zero-order valence-electron chi connectivity index (χ0n) is 12.6. The van der Waals surface area contributed by atoms with Crippen LogP contribution in [0.15, 0.2) is 58.3 Å². The summed E-state index contributed by atoms with van der Waals surface area (Å²) in [6, 6.07) is 7.41. The number of hydroxylamine groups is 1. The molecule has 2 aromatic carbocycles. The van der Waals surface area contributed by atoms with E-state index in [1.54, 1.807) is 0 Å². The summed E-state index contributed by atoms with van der Waals surface area (Å²) in [5.41, 5.74) is 0. The molecule has 25 heavy (non-hydrogen) atoms. The van der Waals surface area contributed by atoms with Crippen molar-refractivity contribution in [2.24, 2.45) is 0 Å². The lowest BCUT2D eigenvalue weighted by Gasteiger charge is -2.21. The van der Waals surface area contributed by atoms with Gasteiger partial charge in [-0.15, -0.1) is 0 Å². The summed E-state index contributed by atoms with van der Waals surface area (Å²) in [6.07, 6.45) is 0. The number of hydrogen-bond donors (Lipinski definition) is 1. The van der Waals surface area contributed by atoms with E-state index in [0.29, 0.717) is 0 Å². The zero-order chi connectivity index (χ0) is 18.7. The van der Waals surface area contributed by atoms with Crippen LogP contribution in [0.4, 0.5) is 8.78 Å². The molecule has 0 radical (unpaired) electrons. The molecule has 1 atom stereocenters. The van der Waals surface area contributed by atoms with E-state index in [0.717, 1.165) is 48.5 Å². The Morgan fingerprint density at radius 1 is 0.840 bits per heavy atom. The quantitative estimate of drug-likeness (QED) is 0.541. The third-order valence-electron chi connectivity index (χ3n) is 3.07. The monoisotopic (exact) mass is 393 g/mol. The molecule has 0 saturated carbocycles. The SMILES string of the molecule is O=S(=O)(OCC[NH+]([O-])S(=O)(=O)c1ccc(F)cc1)c1ccc(F)cc1. The average Bonchev–Trinajstić information content (AvgIpc) is 2.55. The highest BCUT2D eigenvalue weighted by Crippen LogP contribution is 2.12. The minimum atomic E-state index is -4.37. The van der Waals surface area contributed by atoms with Crippen LogP contribution >= 0.6 is 0 Å². The van der Waals surface area contributed by atoms with E-state index in [1.165, 1.54) is 0 Å². The molecule has 0 saturated heterocycles. The standard InChI is InChI=1S/C14H13F2NO6S2/c15-11-1-5-13(6-2-11)24(19,20)17(18)9-10-23-25(21,22)14-7-3-12(16)4-8-14/h1-8,17H,9-10H2. The number of quaternary nitrogens is 1. The predicted molar refractivity (Wildman–Crippen MR) is 82.3 cm³/mol. The fourth-order valence-corrected chi connectivity index (χ4v) is 3.80. The minimum Gasteiger partial charge on any atom is -0.618 e. The Balaban J connectivity index is 2.00. The fraction of sp³-hybridized carbons (Fsp3) is 0.143. The lowest BCUT2D eigenvalue weighted by atomic mass is 10.4. The Morgan fingerprint density at radius 2 is 1.28 bits per heavy atom. The normalized spacial score (nSPS) is 13.6. The van der Waals surface area contributed by atoms with Gasteiger partial charge in [0.1, 0.15) is 29.7 Å². The van der Waals surface area contributed by atoms with Crippen LogP contribution in [0.3, 0.4) is 0 Å². The van der Waals surface area contributed by atoms with Crippen molar-refractivity contribution in [2.45, 2.75) is 9.79 Å². The number of sulfonamides is 1. The van der Waals surface area contributed by atoms with Gasteiger partial charge in [0, 0.05) is 0 Å². The maximum absolute atomic E-state index is 12.8.